The van der Waals surface area contributed by atoms with Gasteiger partial charge in [-0.15, -0.1) is 0 Å². The van der Waals surface area contributed by atoms with Crippen molar-refractivity contribution in [1.82, 2.24) is 10.1 Å². The summed E-state index contributed by atoms with van der Waals surface area (Å²) in [7, 11) is -3.81. The number of carbonyl (C=O) groups excluding carboxylic acids is 1. The molecular formula is C16H15Cl2N3O3S. The Morgan fingerprint density at radius 2 is 1.72 bits per heavy atom. The Balaban J connectivity index is 1.83. The van der Waals surface area contributed by atoms with Crippen LogP contribution in [0.15, 0.2) is 47.4 Å². The van der Waals surface area contributed by atoms with E-state index in [-0.39, 0.29) is 26.5 Å². The van der Waals surface area contributed by atoms with E-state index in [1.165, 1.54) is 12.1 Å². The molecular weight excluding hydrogens is 385 g/mol. The highest BCUT2D eigenvalue weighted by atomic mass is 35.5. The molecule has 0 radical (unpaired) electrons. The molecule has 2 aromatic rings. The number of hydrogen-bond donors (Lipinski definition) is 3. The van der Waals surface area contributed by atoms with Gasteiger partial charge < -0.3 is 0 Å². The third-order valence-electron chi connectivity index (χ3n) is 3.55. The minimum absolute atomic E-state index is 0.00525. The molecule has 0 aliphatic heterocycles. The minimum Gasteiger partial charge on any atom is -0.298 e. The first kappa shape index (κ1) is 18.0. The van der Waals surface area contributed by atoms with Crippen LogP contribution in [0.2, 0.25) is 10.0 Å². The fraction of sp³-hybridized carbons (Fsp3) is 0.188. The summed E-state index contributed by atoms with van der Waals surface area (Å²) in [6.45, 7) is 0. The number of benzene rings is 2. The first-order valence-electron chi connectivity index (χ1n) is 7.49. The molecule has 1 amide bonds. The van der Waals surface area contributed by atoms with Crippen LogP contribution in [0.1, 0.15) is 23.2 Å². The molecule has 25 heavy (non-hydrogen) atoms. The molecule has 3 rings (SSSR count). The van der Waals surface area contributed by atoms with Crippen LogP contribution in [0.3, 0.4) is 0 Å². The number of carbonyl (C=O) groups is 1. The van der Waals surface area contributed by atoms with Gasteiger partial charge in [-0.05, 0) is 37.1 Å². The quantitative estimate of drug-likeness (QED) is 0.650. The van der Waals surface area contributed by atoms with Gasteiger partial charge in [0.2, 0.25) is 10.0 Å². The summed E-state index contributed by atoms with van der Waals surface area (Å²) < 4.78 is 27.3. The highest BCUT2D eigenvalue weighted by molar-refractivity contribution is 7.89. The lowest BCUT2D eigenvalue weighted by atomic mass is 10.2. The van der Waals surface area contributed by atoms with Gasteiger partial charge in [0.25, 0.3) is 5.91 Å². The molecule has 1 saturated carbocycles. The number of amides is 1. The van der Waals surface area contributed by atoms with Crippen LogP contribution in [0, 0.1) is 0 Å². The second-order valence-corrected chi connectivity index (χ2v) is 8.10. The SMILES string of the molecule is O=C(NNc1ccccc1)c1cc(S(=O)(=O)NC2CC2)c(Cl)cc1Cl. The Kier molecular flexibility index (Phi) is 5.19. The molecule has 1 aliphatic rings. The molecule has 9 heteroatoms. The van der Waals surface area contributed by atoms with Gasteiger partial charge in [-0.2, -0.15) is 0 Å². The second kappa shape index (κ2) is 7.21. The summed E-state index contributed by atoms with van der Waals surface area (Å²) in [5.41, 5.74) is 5.88. The number of rotatable bonds is 6. The van der Waals surface area contributed by atoms with E-state index in [1.54, 1.807) is 24.3 Å². The van der Waals surface area contributed by atoms with Crippen LogP contribution >= 0.6 is 23.2 Å². The van der Waals surface area contributed by atoms with Crippen molar-refractivity contribution in [2.24, 2.45) is 0 Å². The summed E-state index contributed by atoms with van der Waals surface area (Å²) in [4.78, 5) is 12.2. The zero-order chi connectivity index (χ0) is 18.0. The van der Waals surface area contributed by atoms with Crippen LogP contribution in [-0.4, -0.2) is 20.4 Å². The summed E-state index contributed by atoms with van der Waals surface area (Å²) in [6.07, 6.45) is 1.58. The Bertz CT molecular complexity index is 900. The molecule has 0 saturated heterocycles. The van der Waals surface area contributed by atoms with Crippen LogP contribution < -0.4 is 15.6 Å². The predicted octanol–water partition coefficient (Wildman–Crippen LogP) is 3.19. The molecule has 2 aromatic carbocycles. The third-order valence-corrected chi connectivity index (χ3v) is 5.85. The number of nitrogens with one attached hydrogen (secondary N) is 3. The van der Waals surface area contributed by atoms with Crippen molar-refractivity contribution in [2.45, 2.75) is 23.8 Å². The van der Waals surface area contributed by atoms with Crippen LogP contribution in [0.5, 0.6) is 0 Å². The van der Waals surface area contributed by atoms with E-state index in [9.17, 15) is 13.2 Å². The van der Waals surface area contributed by atoms with Gasteiger partial charge in [-0.25, -0.2) is 13.1 Å². The molecule has 1 aliphatic carbocycles. The van der Waals surface area contributed by atoms with Crippen molar-refractivity contribution in [1.29, 1.82) is 0 Å². The highest BCUT2D eigenvalue weighted by Gasteiger charge is 2.30. The smallest absolute Gasteiger partial charge is 0.271 e. The normalized spacial score (nSPS) is 14.2. The number of para-hydroxylation sites is 1. The Morgan fingerprint density at radius 3 is 2.36 bits per heavy atom. The number of halogens is 2. The molecule has 1 fully saturated rings. The minimum atomic E-state index is -3.81. The fourth-order valence-corrected chi connectivity index (χ4v) is 4.27. The van der Waals surface area contributed by atoms with Crippen LogP contribution in [-0.2, 0) is 10.0 Å². The molecule has 132 valence electrons. The van der Waals surface area contributed by atoms with E-state index in [0.29, 0.717) is 5.69 Å². The molecule has 0 atom stereocenters. The van der Waals surface area contributed by atoms with Crippen LogP contribution in [0.25, 0.3) is 0 Å². The lowest BCUT2D eigenvalue weighted by molar-refractivity contribution is 0.0962. The topological polar surface area (TPSA) is 87.3 Å². The molecule has 0 heterocycles. The van der Waals surface area contributed by atoms with Gasteiger partial charge in [0, 0.05) is 6.04 Å². The fourth-order valence-electron chi connectivity index (χ4n) is 2.11. The first-order chi connectivity index (χ1) is 11.9. The van der Waals surface area contributed by atoms with E-state index in [2.05, 4.69) is 15.6 Å². The van der Waals surface area contributed by atoms with Crippen molar-refractivity contribution >= 4 is 44.8 Å². The molecule has 0 spiro atoms. The standard InChI is InChI=1S/C16H15Cl2N3O3S/c17-13-9-14(18)15(25(23,24)21-11-6-7-11)8-12(13)16(22)20-19-10-4-2-1-3-5-10/h1-5,8-9,11,19,21H,6-7H2,(H,20,22). The summed E-state index contributed by atoms with van der Waals surface area (Å²) in [5.74, 6) is -0.576. The monoisotopic (exact) mass is 399 g/mol. The van der Waals surface area contributed by atoms with Crippen LogP contribution in [0.4, 0.5) is 5.69 Å². The van der Waals surface area contributed by atoms with E-state index in [0.717, 1.165) is 12.8 Å². The first-order valence-corrected chi connectivity index (χ1v) is 9.73. The number of anilines is 1. The summed E-state index contributed by atoms with van der Waals surface area (Å²) in [5, 5.41) is 0.0217. The summed E-state index contributed by atoms with van der Waals surface area (Å²) >= 11 is 12.1. The van der Waals surface area contributed by atoms with E-state index in [4.69, 9.17) is 23.2 Å². The average Bonchev–Trinajstić information content (AvgIpc) is 3.36. The third kappa shape index (κ3) is 4.43. The van der Waals surface area contributed by atoms with Gasteiger partial charge in [0.05, 0.1) is 21.3 Å². The van der Waals surface area contributed by atoms with Crippen molar-refractivity contribution in [3.05, 3.63) is 58.1 Å². The Hall–Kier alpha value is -1.80. The molecule has 0 unspecified atom stereocenters. The number of hydrogen-bond acceptors (Lipinski definition) is 4. The van der Waals surface area contributed by atoms with Crippen molar-refractivity contribution in [3.63, 3.8) is 0 Å². The van der Waals surface area contributed by atoms with Gasteiger partial charge in [0.1, 0.15) is 4.90 Å². The largest absolute Gasteiger partial charge is 0.298 e. The molecule has 0 aromatic heterocycles. The Morgan fingerprint density at radius 1 is 1.04 bits per heavy atom. The zero-order valence-electron chi connectivity index (χ0n) is 12.9. The predicted molar refractivity (Wildman–Crippen MR) is 97.3 cm³/mol. The Labute approximate surface area is 155 Å². The maximum atomic E-state index is 12.4. The maximum absolute atomic E-state index is 12.4. The van der Waals surface area contributed by atoms with Gasteiger partial charge in [-0.3, -0.25) is 15.6 Å². The lowest BCUT2D eigenvalue weighted by Crippen LogP contribution is -2.30. The second-order valence-electron chi connectivity index (χ2n) is 5.60. The maximum Gasteiger partial charge on any atom is 0.271 e. The number of sulfonamides is 1. The average molecular weight is 400 g/mol. The lowest BCUT2D eigenvalue weighted by Gasteiger charge is -2.12. The van der Waals surface area contributed by atoms with Crippen molar-refractivity contribution < 1.29 is 13.2 Å². The molecule has 0 bridgehead atoms. The van der Waals surface area contributed by atoms with Crippen molar-refractivity contribution in [3.8, 4) is 0 Å². The highest BCUT2D eigenvalue weighted by Crippen LogP contribution is 2.30. The van der Waals surface area contributed by atoms with Gasteiger partial charge >= 0.3 is 0 Å². The zero-order valence-corrected chi connectivity index (χ0v) is 15.3. The number of hydrazine groups is 1. The van der Waals surface area contributed by atoms with E-state index < -0.39 is 15.9 Å². The van der Waals surface area contributed by atoms with Gasteiger partial charge in [-0.1, -0.05) is 41.4 Å². The van der Waals surface area contributed by atoms with Crippen molar-refractivity contribution in [2.75, 3.05) is 5.43 Å². The molecule has 6 nitrogen and oxygen atoms in total. The van der Waals surface area contributed by atoms with Gasteiger partial charge in [0.15, 0.2) is 0 Å². The van der Waals surface area contributed by atoms with E-state index in [1.807, 2.05) is 6.07 Å². The molecule has 3 N–H and O–H groups in total. The summed E-state index contributed by atoms with van der Waals surface area (Å²) in [6, 6.07) is 11.3. The van der Waals surface area contributed by atoms with E-state index >= 15 is 0 Å².